The van der Waals surface area contributed by atoms with E-state index in [1.807, 2.05) is 87.6 Å². The van der Waals surface area contributed by atoms with Gasteiger partial charge in [-0.2, -0.15) is 0 Å². The van der Waals surface area contributed by atoms with E-state index in [0.29, 0.717) is 32.6 Å². The van der Waals surface area contributed by atoms with Gasteiger partial charge in [-0.05, 0) is 32.8 Å². The summed E-state index contributed by atoms with van der Waals surface area (Å²) in [6.07, 6.45) is 3.62. The predicted molar refractivity (Wildman–Crippen MR) is 137 cm³/mol. The Kier molecular flexibility index (Phi) is 7.93. The molecule has 190 valence electrons. The summed E-state index contributed by atoms with van der Waals surface area (Å²) in [5, 5.41) is 0. The number of hydrogen-bond donors (Lipinski definition) is 0. The molecule has 1 aliphatic rings. The molecule has 0 radical (unpaired) electrons. The Morgan fingerprint density at radius 3 is 2.36 bits per heavy atom. The van der Waals surface area contributed by atoms with Crippen LogP contribution in [0.3, 0.4) is 0 Å². The molecule has 0 bridgehead atoms. The van der Waals surface area contributed by atoms with E-state index in [2.05, 4.69) is 9.55 Å². The zero-order valence-corrected chi connectivity index (χ0v) is 21.2. The number of hydrogen-bond acceptors (Lipinski definition) is 5. The maximum atomic E-state index is 13.0. The second-order valence-electron chi connectivity index (χ2n) is 9.91. The maximum absolute atomic E-state index is 13.0. The van der Waals surface area contributed by atoms with Crippen molar-refractivity contribution in [3.05, 3.63) is 78.6 Å². The highest BCUT2D eigenvalue weighted by Crippen LogP contribution is 2.22. The lowest BCUT2D eigenvalue weighted by Gasteiger charge is -2.41. The largest absolute Gasteiger partial charge is 0.445 e. The van der Waals surface area contributed by atoms with E-state index in [9.17, 15) is 9.59 Å². The Morgan fingerprint density at radius 2 is 1.67 bits per heavy atom. The third-order valence-corrected chi connectivity index (χ3v) is 6.02. The number of amides is 2. The fourth-order valence-electron chi connectivity index (χ4n) is 4.27. The Morgan fingerprint density at radius 1 is 0.972 bits per heavy atom. The molecular formula is C28H34N4O4. The summed E-state index contributed by atoms with van der Waals surface area (Å²) in [4.78, 5) is 33.8. The van der Waals surface area contributed by atoms with Crippen LogP contribution in [0.4, 0.5) is 9.59 Å². The van der Waals surface area contributed by atoms with Crippen LogP contribution in [0, 0.1) is 0 Å². The molecule has 3 aromatic rings. The summed E-state index contributed by atoms with van der Waals surface area (Å²) >= 11 is 0. The third kappa shape index (κ3) is 6.65. The summed E-state index contributed by atoms with van der Waals surface area (Å²) in [6, 6.07) is 19.4. The van der Waals surface area contributed by atoms with Crippen LogP contribution >= 0.6 is 0 Å². The molecule has 0 saturated carbocycles. The van der Waals surface area contributed by atoms with Crippen LogP contribution < -0.4 is 0 Å². The lowest BCUT2D eigenvalue weighted by atomic mass is 10.1. The van der Waals surface area contributed by atoms with E-state index in [4.69, 9.17) is 9.47 Å². The fourth-order valence-corrected chi connectivity index (χ4v) is 4.27. The average molecular weight is 491 g/mol. The van der Waals surface area contributed by atoms with Crippen molar-refractivity contribution in [2.24, 2.45) is 0 Å². The van der Waals surface area contributed by atoms with Crippen molar-refractivity contribution in [1.29, 1.82) is 0 Å². The van der Waals surface area contributed by atoms with Crippen molar-refractivity contribution < 1.29 is 19.1 Å². The lowest BCUT2D eigenvalue weighted by molar-refractivity contribution is -0.00498. The van der Waals surface area contributed by atoms with Gasteiger partial charge in [0.15, 0.2) is 0 Å². The number of imidazole rings is 1. The van der Waals surface area contributed by atoms with Gasteiger partial charge >= 0.3 is 12.2 Å². The third-order valence-electron chi connectivity index (χ3n) is 6.02. The van der Waals surface area contributed by atoms with E-state index in [0.717, 1.165) is 17.0 Å². The Hall–Kier alpha value is -3.81. The van der Waals surface area contributed by atoms with Crippen LogP contribution in [0.1, 0.15) is 32.8 Å². The minimum atomic E-state index is -0.599. The van der Waals surface area contributed by atoms with Gasteiger partial charge in [-0.3, -0.25) is 0 Å². The van der Waals surface area contributed by atoms with E-state index in [1.54, 1.807) is 16.0 Å². The van der Waals surface area contributed by atoms with Gasteiger partial charge in [-0.25, -0.2) is 14.6 Å². The lowest BCUT2D eigenvalue weighted by Crippen LogP contribution is -2.57. The van der Waals surface area contributed by atoms with Gasteiger partial charge in [0, 0.05) is 44.1 Å². The molecule has 1 saturated heterocycles. The average Bonchev–Trinajstić information content (AvgIpc) is 3.34. The molecule has 1 fully saturated rings. The highest BCUT2D eigenvalue weighted by molar-refractivity contribution is 5.71. The minimum absolute atomic E-state index is 0.214. The van der Waals surface area contributed by atoms with Crippen molar-refractivity contribution in [3.8, 4) is 11.4 Å². The van der Waals surface area contributed by atoms with Gasteiger partial charge in [-0.15, -0.1) is 0 Å². The van der Waals surface area contributed by atoms with E-state index >= 15 is 0 Å². The summed E-state index contributed by atoms with van der Waals surface area (Å²) in [7, 11) is 0. The molecule has 0 N–H and O–H groups in total. The molecule has 1 atom stereocenters. The van der Waals surface area contributed by atoms with Crippen LogP contribution in [0.25, 0.3) is 11.4 Å². The molecule has 8 nitrogen and oxygen atoms in total. The number of aromatic nitrogens is 2. The molecule has 0 unspecified atom stereocenters. The van der Waals surface area contributed by atoms with E-state index in [1.165, 1.54) is 0 Å². The molecule has 1 aromatic heterocycles. The Bertz CT molecular complexity index is 1140. The number of piperazine rings is 1. The number of nitrogens with zero attached hydrogens (tertiary/aromatic N) is 4. The SMILES string of the molecule is CC(C)(C)OC(=O)N1CCN(C(=O)OCc2ccccc2)C[C@H]1CCn1ccnc1-c1ccccc1. The van der Waals surface area contributed by atoms with Crippen molar-refractivity contribution in [3.63, 3.8) is 0 Å². The van der Waals surface area contributed by atoms with Gasteiger partial charge in [0.1, 0.15) is 18.0 Å². The molecule has 2 aromatic carbocycles. The van der Waals surface area contributed by atoms with Gasteiger partial charge in [0.2, 0.25) is 0 Å². The Balaban J connectivity index is 1.45. The predicted octanol–water partition coefficient (Wildman–Crippen LogP) is 5.20. The number of benzene rings is 2. The fraction of sp³-hybridized carbons (Fsp3) is 0.393. The van der Waals surface area contributed by atoms with Crippen LogP contribution in [-0.4, -0.2) is 62.8 Å². The van der Waals surface area contributed by atoms with Crippen molar-refractivity contribution >= 4 is 12.2 Å². The highest BCUT2D eigenvalue weighted by atomic mass is 16.6. The number of aryl methyl sites for hydroxylation is 1. The zero-order valence-electron chi connectivity index (χ0n) is 21.2. The molecule has 0 aliphatic carbocycles. The quantitative estimate of drug-likeness (QED) is 0.475. The summed E-state index contributed by atoms with van der Waals surface area (Å²) in [5.74, 6) is 0.870. The van der Waals surface area contributed by atoms with Crippen molar-refractivity contribution in [2.45, 2.75) is 52.0 Å². The van der Waals surface area contributed by atoms with Gasteiger partial charge < -0.3 is 23.8 Å². The van der Waals surface area contributed by atoms with Gasteiger partial charge in [0.05, 0.1) is 6.04 Å². The summed E-state index contributed by atoms with van der Waals surface area (Å²) < 4.78 is 13.3. The first-order chi connectivity index (χ1) is 17.3. The summed E-state index contributed by atoms with van der Waals surface area (Å²) in [5.41, 5.74) is 1.36. The van der Waals surface area contributed by atoms with E-state index in [-0.39, 0.29) is 24.8 Å². The van der Waals surface area contributed by atoms with Crippen LogP contribution in [-0.2, 0) is 22.6 Å². The van der Waals surface area contributed by atoms with Crippen LogP contribution in [0.2, 0.25) is 0 Å². The first-order valence-electron chi connectivity index (χ1n) is 12.3. The van der Waals surface area contributed by atoms with E-state index < -0.39 is 5.60 Å². The molecule has 2 heterocycles. The maximum Gasteiger partial charge on any atom is 0.410 e. The van der Waals surface area contributed by atoms with Crippen LogP contribution in [0.5, 0.6) is 0 Å². The molecule has 8 heteroatoms. The Labute approximate surface area is 212 Å². The van der Waals surface area contributed by atoms with Crippen molar-refractivity contribution in [2.75, 3.05) is 19.6 Å². The highest BCUT2D eigenvalue weighted by Gasteiger charge is 2.35. The topological polar surface area (TPSA) is 76.9 Å². The normalized spacial score (nSPS) is 16.0. The molecule has 4 rings (SSSR count). The number of carbonyl (C=O) groups is 2. The second kappa shape index (κ2) is 11.3. The molecule has 2 amide bonds. The number of ether oxygens (including phenoxy) is 2. The van der Waals surface area contributed by atoms with Crippen LogP contribution in [0.15, 0.2) is 73.1 Å². The van der Waals surface area contributed by atoms with Crippen molar-refractivity contribution in [1.82, 2.24) is 19.4 Å². The van der Waals surface area contributed by atoms with Gasteiger partial charge in [0.25, 0.3) is 0 Å². The molecular weight excluding hydrogens is 456 g/mol. The standard InChI is InChI=1S/C28H34N4O4/c1-28(2,3)36-27(34)32-19-18-31(26(33)35-21-22-10-6-4-7-11-22)20-24(32)14-16-30-17-15-29-25(30)23-12-8-5-9-13-23/h4-13,15,17,24H,14,16,18-21H2,1-3H3/t24-/m1/s1. The second-order valence-corrected chi connectivity index (χ2v) is 9.91. The smallest absolute Gasteiger partial charge is 0.410 e. The molecule has 1 aliphatic heterocycles. The monoisotopic (exact) mass is 490 g/mol. The number of rotatable bonds is 6. The molecule has 0 spiro atoms. The zero-order chi connectivity index (χ0) is 25.5. The first kappa shape index (κ1) is 25.3. The molecule has 36 heavy (non-hydrogen) atoms. The number of carbonyl (C=O) groups excluding carboxylic acids is 2. The minimum Gasteiger partial charge on any atom is -0.445 e. The van der Waals surface area contributed by atoms with Gasteiger partial charge in [-0.1, -0.05) is 60.7 Å². The first-order valence-corrected chi connectivity index (χ1v) is 12.3. The summed E-state index contributed by atoms with van der Waals surface area (Å²) in [6.45, 7) is 7.58.